The molecule has 1 spiro atoms. The van der Waals surface area contributed by atoms with Crippen LogP contribution in [0.2, 0.25) is 0 Å². The van der Waals surface area contributed by atoms with Crippen molar-refractivity contribution < 1.29 is 19.1 Å². The third-order valence-corrected chi connectivity index (χ3v) is 12.2. The van der Waals surface area contributed by atoms with E-state index in [0.29, 0.717) is 35.2 Å². The number of hydrogen-bond donors (Lipinski definition) is 1. The van der Waals surface area contributed by atoms with E-state index in [9.17, 15) is 14.4 Å². The highest BCUT2D eigenvalue weighted by atomic mass is 16.5. The summed E-state index contributed by atoms with van der Waals surface area (Å²) in [5.74, 6) is 4.22. The van der Waals surface area contributed by atoms with Gasteiger partial charge in [0.15, 0.2) is 0 Å². The first-order chi connectivity index (χ1) is 17.5. The van der Waals surface area contributed by atoms with Crippen molar-refractivity contribution in [3.63, 3.8) is 0 Å². The van der Waals surface area contributed by atoms with E-state index in [-0.39, 0.29) is 30.1 Å². The molecular formula is C30H36N2O4. The zero-order chi connectivity index (χ0) is 24.2. The Morgan fingerprint density at radius 3 is 2.69 bits per heavy atom. The van der Waals surface area contributed by atoms with Gasteiger partial charge in [0.2, 0.25) is 11.8 Å². The lowest BCUT2D eigenvalue weighted by atomic mass is 9.45. The summed E-state index contributed by atoms with van der Waals surface area (Å²) < 4.78 is 6.16. The Hall–Kier alpha value is -2.21. The van der Waals surface area contributed by atoms with Crippen LogP contribution >= 0.6 is 0 Å². The molecule has 6 heteroatoms. The van der Waals surface area contributed by atoms with Gasteiger partial charge in [0.05, 0.1) is 17.9 Å². The molecule has 1 aromatic rings. The molecule has 190 valence electrons. The van der Waals surface area contributed by atoms with Crippen LogP contribution in [0.1, 0.15) is 74.6 Å². The van der Waals surface area contributed by atoms with Crippen molar-refractivity contribution in [3.05, 3.63) is 29.8 Å². The van der Waals surface area contributed by atoms with Crippen LogP contribution in [-0.2, 0) is 14.3 Å². The summed E-state index contributed by atoms with van der Waals surface area (Å²) in [4.78, 5) is 39.4. The second-order valence-corrected chi connectivity index (χ2v) is 13.2. The summed E-state index contributed by atoms with van der Waals surface area (Å²) in [6.45, 7) is 1.39. The van der Waals surface area contributed by atoms with Crippen LogP contribution in [0, 0.1) is 46.3 Å². The quantitative estimate of drug-likeness (QED) is 0.504. The van der Waals surface area contributed by atoms with Gasteiger partial charge in [0, 0.05) is 30.8 Å². The number of anilines is 1. The third kappa shape index (κ3) is 2.64. The summed E-state index contributed by atoms with van der Waals surface area (Å²) in [7, 11) is 0. The number of hydrogen-bond acceptors (Lipinski definition) is 5. The van der Waals surface area contributed by atoms with Gasteiger partial charge in [0.1, 0.15) is 0 Å². The van der Waals surface area contributed by atoms with E-state index in [1.54, 1.807) is 24.3 Å². The van der Waals surface area contributed by atoms with E-state index in [0.717, 1.165) is 42.6 Å². The van der Waals surface area contributed by atoms with Crippen LogP contribution in [0.3, 0.4) is 0 Å². The Balaban J connectivity index is 1.09. The van der Waals surface area contributed by atoms with E-state index in [2.05, 4.69) is 5.32 Å². The number of nitrogens with one attached hydrogen (secondary N) is 1. The maximum Gasteiger partial charge on any atom is 0.340 e. The van der Waals surface area contributed by atoms with Gasteiger partial charge in [-0.1, -0.05) is 25.0 Å². The van der Waals surface area contributed by atoms with Crippen LogP contribution in [0.25, 0.3) is 0 Å². The number of rotatable bonds is 4. The average molecular weight is 489 g/mol. The van der Waals surface area contributed by atoms with Gasteiger partial charge in [-0.3, -0.25) is 9.59 Å². The molecule has 1 aromatic carbocycles. The zero-order valence-electron chi connectivity index (χ0n) is 20.9. The lowest BCUT2D eigenvalue weighted by molar-refractivity contribution is -0.141. The highest BCUT2D eigenvalue weighted by Gasteiger charge is 2.74. The standard InChI is InChI=1S/C30H36N2O4/c33-25-8-9-26(34)32(25)23-5-2-1-4-19(23)28(35)36-16-29-10-3-11-30-22-13-17-6-7-18(20(22)12-17)21(14-24(29)30)27(30)31-15-29/h1-2,4-5,17-18,20-22,24,27,31H,3,6-16H2/t17-,18+,20-,21-,22-,24-,27-,29+,30-/m1/s1. The molecule has 2 saturated heterocycles. The lowest BCUT2D eigenvalue weighted by Gasteiger charge is -2.63. The van der Waals surface area contributed by atoms with Gasteiger partial charge in [-0.2, -0.15) is 0 Å². The van der Waals surface area contributed by atoms with Crippen LogP contribution in [-0.4, -0.2) is 37.0 Å². The molecule has 7 aliphatic rings. The molecule has 0 unspecified atom stereocenters. The lowest BCUT2D eigenvalue weighted by Crippen LogP contribution is -2.68. The number of carbonyl (C=O) groups excluding carboxylic acids is 3. The van der Waals surface area contributed by atoms with E-state index >= 15 is 0 Å². The summed E-state index contributed by atoms with van der Waals surface area (Å²) >= 11 is 0. The minimum Gasteiger partial charge on any atom is -0.461 e. The Morgan fingerprint density at radius 2 is 1.83 bits per heavy atom. The second-order valence-electron chi connectivity index (χ2n) is 13.2. The van der Waals surface area contributed by atoms with Crippen LogP contribution in [0.5, 0.6) is 0 Å². The van der Waals surface area contributed by atoms with Crippen molar-refractivity contribution in [2.45, 2.75) is 70.3 Å². The molecule has 5 aliphatic carbocycles. The predicted molar refractivity (Wildman–Crippen MR) is 133 cm³/mol. The number of benzene rings is 1. The Morgan fingerprint density at radius 1 is 1.00 bits per heavy atom. The molecule has 7 fully saturated rings. The van der Waals surface area contributed by atoms with Crippen molar-refractivity contribution in [1.29, 1.82) is 0 Å². The molecule has 0 radical (unpaired) electrons. The first-order valence-electron chi connectivity index (χ1n) is 14.4. The van der Waals surface area contributed by atoms with Gasteiger partial charge in [0.25, 0.3) is 0 Å². The fourth-order valence-corrected chi connectivity index (χ4v) is 11.2. The Labute approximate surface area is 212 Å². The molecule has 2 heterocycles. The fourth-order valence-electron chi connectivity index (χ4n) is 11.2. The van der Waals surface area contributed by atoms with Crippen LogP contribution < -0.4 is 10.2 Å². The summed E-state index contributed by atoms with van der Waals surface area (Å²) in [5, 5.41) is 4.08. The van der Waals surface area contributed by atoms with Crippen LogP contribution in [0.15, 0.2) is 24.3 Å². The fraction of sp³-hybridized carbons (Fsp3) is 0.700. The summed E-state index contributed by atoms with van der Waals surface area (Å²) in [6, 6.07) is 7.59. The Kier molecular flexibility index (Phi) is 4.51. The molecule has 0 aromatic heterocycles. The maximum absolute atomic E-state index is 13.5. The number of ether oxygens (including phenoxy) is 1. The highest BCUT2D eigenvalue weighted by molar-refractivity contribution is 6.21. The predicted octanol–water partition coefficient (Wildman–Crippen LogP) is 4.33. The number of piperidine rings is 1. The zero-order valence-corrected chi connectivity index (χ0v) is 20.9. The molecule has 2 aliphatic heterocycles. The number of amides is 2. The average Bonchev–Trinajstić information content (AvgIpc) is 3.46. The minimum atomic E-state index is -0.409. The van der Waals surface area contributed by atoms with Crippen molar-refractivity contribution >= 4 is 23.5 Å². The SMILES string of the molecule is O=C(OC[C@@]12CCC[C@@]34[C@@H]5C[C@@H]6CC[C@@H]([C@H]5C6)[C@@H](C[C@H]13)[C@H]4NC2)c1ccccc1N1C(=O)CCC1=O. The van der Waals surface area contributed by atoms with Crippen LogP contribution in [0.4, 0.5) is 5.69 Å². The number of carbonyl (C=O) groups is 3. The van der Waals surface area contributed by atoms with Gasteiger partial charge in [-0.05, 0) is 91.6 Å². The maximum atomic E-state index is 13.5. The topological polar surface area (TPSA) is 75.7 Å². The molecule has 6 nitrogen and oxygen atoms in total. The first kappa shape index (κ1) is 21.8. The molecule has 9 atom stereocenters. The molecule has 1 N–H and O–H groups in total. The third-order valence-electron chi connectivity index (χ3n) is 12.2. The molecule has 2 amide bonds. The first-order valence-corrected chi connectivity index (χ1v) is 14.4. The largest absolute Gasteiger partial charge is 0.461 e. The normalized spacial score (nSPS) is 45.8. The second kappa shape index (κ2) is 7.43. The molecular weight excluding hydrogens is 452 g/mol. The molecule has 7 bridgehead atoms. The molecule has 8 rings (SSSR count). The van der Waals surface area contributed by atoms with Crippen molar-refractivity contribution in [2.75, 3.05) is 18.1 Å². The van der Waals surface area contributed by atoms with Crippen molar-refractivity contribution in [3.8, 4) is 0 Å². The number of fused-ring (bicyclic) bond motifs is 2. The van der Waals surface area contributed by atoms with E-state index in [4.69, 9.17) is 4.74 Å². The number of para-hydroxylation sites is 1. The Bertz CT molecular complexity index is 1150. The van der Waals surface area contributed by atoms with Gasteiger partial charge in [-0.15, -0.1) is 0 Å². The van der Waals surface area contributed by atoms with Gasteiger partial charge >= 0.3 is 5.97 Å². The number of nitrogens with zero attached hydrogens (tertiary/aromatic N) is 1. The number of esters is 1. The monoisotopic (exact) mass is 488 g/mol. The van der Waals surface area contributed by atoms with Crippen molar-refractivity contribution in [1.82, 2.24) is 5.32 Å². The minimum absolute atomic E-state index is 0.00408. The van der Waals surface area contributed by atoms with E-state index < -0.39 is 5.97 Å². The van der Waals surface area contributed by atoms with E-state index in [1.807, 2.05) is 0 Å². The summed E-state index contributed by atoms with van der Waals surface area (Å²) in [6.07, 6.45) is 11.2. The number of imide groups is 1. The van der Waals surface area contributed by atoms with Gasteiger partial charge in [-0.25, -0.2) is 9.69 Å². The van der Waals surface area contributed by atoms with Gasteiger partial charge < -0.3 is 10.1 Å². The molecule has 36 heavy (non-hydrogen) atoms. The molecule has 5 saturated carbocycles. The smallest absolute Gasteiger partial charge is 0.340 e. The van der Waals surface area contributed by atoms with Crippen molar-refractivity contribution in [2.24, 2.45) is 46.3 Å². The van der Waals surface area contributed by atoms with E-state index in [1.165, 1.54) is 49.8 Å². The highest BCUT2D eigenvalue weighted by Crippen LogP contribution is 2.76. The summed E-state index contributed by atoms with van der Waals surface area (Å²) in [5.41, 5.74) is 1.10.